The van der Waals surface area contributed by atoms with Gasteiger partial charge < -0.3 is 10.1 Å². The van der Waals surface area contributed by atoms with Crippen molar-refractivity contribution in [2.24, 2.45) is 0 Å². The third-order valence-corrected chi connectivity index (χ3v) is 4.51. The standard InChI is InChI=1S/C18H26N4O2S/c1-13(2)24-11-7-10-19-17(23)12-25-18-21-20-15(4)22(18)16-9-6-5-8-14(16)3/h5-6,8-9,13H,7,10-12H2,1-4H3,(H,19,23). The molecule has 0 fully saturated rings. The maximum atomic E-state index is 12.0. The van der Waals surface area contributed by atoms with Gasteiger partial charge in [-0.25, -0.2) is 0 Å². The number of amides is 1. The van der Waals surface area contributed by atoms with Gasteiger partial charge in [0.25, 0.3) is 0 Å². The van der Waals surface area contributed by atoms with E-state index < -0.39 is 0 Å². The van der Waals surface area contributed by atoms with Crippen LogP contribution in [0.5, 0.6) is 0 Å². The number of ether oxygens (including phenoxy) is 1. The highest BCUT2D eigenvalue weighted by atomic mass is 32.2. The molecule has 0 atom stereocenters. The number of hydrogen-bond acceptors (Lipinski definition) is 5. The summed E-state index contributed by atoms with van der Waals surface area (Å²) in [6.07, 6.45) is 1.04. The van der Waals surface area contributed by atoms with Crippen LogP contribution in [0.1, 0.15) is 31.7 Å². The van der Waals surface area contributed by atoms with E-state index >= 15 is 0 Å². The monoisotopic (exact) mass is 362 g/mol. The van der Waals surface area contributed by atoms with E-state index in [4.69, 9.17) is 4.74 Å². The summed E-state index contributed by atoms with van der Waals surface area (Å²) in [5.41, 5.74) is 2.18. The third-order valence-electron chi connectivity index (χ3n) is 3.58. The molecule has 1 amide bonds. The van der Waals surface area contributed by atoms with Gasteiger partial charge in [-0.15, -0.1) is 10.2 Å². The Hall–Kier alpha value is -1.86. The maximum absolute atomic E-state index is 12.0. The number of carbonyl (C=O) groups excluding carboxylic acids is 1. The zero-order valence-corrected chi connectivity index (χ0v) is 16.1. The number of nitrogens with zero attached hydrogens (tertiary/aromatic N) is 3. The molecule has 0 bridgehead atoms. The quantitative estimate of drug-likeness (QED) is 0.549. The van der Waals surface area contributed by atoms with E-state index in [1.807, 2.05) is 43.5 Å². The fraction of sp³-hybridized carbons (Fsp3) is 0.500. The molecule has 25 heavy (non-hydrogen) atoms. The molecule has 2 aromatic rings. The molecule has 1 aromatic carbocycles. The van der Waals surface area contributed by atoms with Crippen molar-refractivity contribution in [1.82, 2.24) is 20.1 Å². The lowest BCUT2D eigenvalue weighted by Gasteiger charge is -2.11. The number of carbonyl (C=O) groups is 1. The van der Waals surface area contributed by atoms with E-state index in [-0.39, 0.29) is 12.0 Å². The van der Waals surface area contributed by atoms with Crippen LogP contribution < -0.4 is 5.32 Å². The van der Waals surface area contributed by atoms with Gasteiger partial charge >= 0.3 is 0 Å². The van der Waals surface area contributed by atoms with Crippen molar-refractivity contribution >= 4 is 17.7 Å². The SMILES string of the molecule is Cc1ccccc1-n1c(C)nnc1SCC(=O)NCCCOC(C)C. The zero-order chi connectivity index (χ0) is 18.2. The molecule has 1 heterocycles. The number of para-hydroxylation sites is 1. The van der Waals surface area contributed by atoms with E-state index in [1.165, 1.54) is 11.8 Å². The van der Waals surface area contributed by atoms with E-state index in [2.05, 4.69) is 28.5 Å². The highest BCUT2D eigenvalue weighted by molar-refractivity contribution is 7.99. The Kier molecular flexibility index (Phi) is 7.46. The molecular weight excluding hydrogens is 336 g/mol. The molecule has 0 aliphatic rings. The molecule has 7 heteroatoms. The molecule has 0 aliphatic heterocycles. The normalized spacial score (nSPS) is 11.1. The molecule has 0 saturated carbocycles. The van der Waals surface area contributed by atoms with Gasteiger partial charge in [0.15, 0.2) is 5.16 Å². The first kappa shape index (κ1) is 19.5. The summed E-state index contributed by atoms with van der Waals surface area (Å²) in [5, 5.41) is 12.0. The van der Waals surface area contributed by atoms with Crippen molar-refractivity contribution in [3.05, 3.63) is 35.7 Å². The Balaban J connectivity index is 1.88. The molecule has 136 valence electrons. The number of rotatable bonds is 9. The van der Waals surface area contributed by atoms with Crippen LogP contribution in [0.25, 0.3) is 5.69 Å². The average molecular weight is 362 g/mol. The second-order valence-corrected chi connectivity index (χ2v) is 7.01. The summed E-state index contributed by atoms with van der Waals surface area (Å²) in [6, 6.07) is 8.07. The van der Waals surface area contributed by atoms with Crippen LogP contribution in [-0.2, 0) is 9.53 Å². The molecule has 0 aliphatic carbocycles. The van der Waals surface area contributed by atoms with Crippen molar-refractivity contribution in [2.45, 2.75) is 45.4 Å². The maximum Gasteiger partial charge on any atom is 0.230 e. The average Bonchev–Trinajstić information content (AvgIpc) is 2.93. The van der Waals surface area contributed by atoms with E-state index in [1.54, 1.807) is 0 Å². The van der Waals surface area contributed by atoms with Gasteiger partial charge in [0.1, 0.15) is 5.82 Å². The Morgan fingerprint density at radius 1 is 1.28 bits per heavy atom. The lowest BCUT2D eigenvalue weighted by atomic mass is 10.2. The molecule has 0 radical (unpaired) electrons. The Morgan fingerprint density at radius 2 is 2.04 bits per heavy atom. The number of nitrogens with one attached hydrogen (secondary N) is 1. The first-order chi connectivity index (χ1) is 12.0. The topological polar surface area (TPSA) is 69.0 Å². The molecule has 0 saturated heterocycles. The van der Waals surface area contributed by atoms with Crippen molar-refractivity contribution in [1.29, 1.82) is 0 Å². The number of hydrogen-bond donors (Lipinski definition) is 1. The summed E-state index contributed by atoms with van der Waals surface area (Å²) in [6.45, 7) is 9.25. The van der Waals surface area contributed by atoms with Gasteiger partial charge in [-0.05, 0) is 45.7 Å². The molecule has 6 nitrogen and oxygen atoms in total. The van der Waals surface area contributed by atoms with Crippen LogP contribution in [0, 0.1) is 13.8 Å². The third kappa shape index (κ3) is 5.86. The lowest BCUT2D eigenvalue weighted by Crippen LogP contribution is -2.27. The second-order valence-electron chi connectivity index (χ2n) is 6.06. The Morgan fingerprint density at radius 3 is 2.76 bits per heavy atom. The fourth-order valence-electron chi connectivity index (χ4n) is 2.33. The van der Waals surface area contributed by atoms with Crippen molar-refractivity contribution in [3.8, 4) is 5.69 Å². The van der Waals surface area contributed by atoms with E-state index in [0.29, 0.717) is 18.9 Å². The molecule has 1 aromatic heterocycles. The van der Waals surface area contributed by atoms with Crippen LogP contribution in [0.2, 0.25) is 0 Å². The number of aryl methyl sites for hydroxylation is 2. The summed E-state index contributed by atoms with van der Waals surface area (Å²) >= 11 is 1.39. The predicted octanol–water partition coefficient (Wildman–Crippen LogP) is 2.91. The minimum Gasteiger partial charge on any atom is -0.379 e. The molecular formula is C18H26N4O2S. The fourth-order valence-corrected chi connectivity index (χ4v) is 3.15. The predicted molar refractivity (Wildman–Crippen MR) is 100 cm³/mol. The zero-order valence-electron chi connectivity index (χ0n) is 15.3. The minimum absolute atomic E-state index is 0.00784. The Bertz CT molecular complexity index is 700. The molecule has 0 unspecified atom stereocenters. The largest absolute Gasteiger partial charge is 0.379 e. The number of aromatic nitrogens is 3. The minimum atomic E-state index is -0.00784. The summed E-state index contributed by atoms with van der Waals surface area (Å²) < 4.78 is 7.44. The van der Waals surface area contributed by atoms with Gasteiger partial charge in [-0.1, -0.05) is 30.0 Å². The summed E-state index contributed by atoms with van der Waals surface area (Å²) in [5.74, 6) is 1.12. The first-order valence-electron chi connectivity index (χ1n) is 8.48. The van der Waals surface area contributed by atoms with Crippen LogP contribution in [0.15, 0.2) is 29.4 Å². The van der Waals surface area contributed by atoms with Crippen molar-refractivity contribution < 1.29 is 9.53 Å². The molecule has 2 rings (SSSR count). The highest BCUT2D eigenvalue weighted by Gasteiger charge is 2.14. The van der Waals surface area contributed by atoms with Crippen LogP contribution >= 0.6 is 11.8 Å². The van der Waals surface area contributed by atoms with Crippen molar-refractivity contribution in [3.63, 3.8) is 0 Å². The number of thioether (sulfide) groups is 1. The van der Waals surface area contributed by atoms with Gasteiger partial charge in [0.2, 0.25) is 5.91 Å². The summed E-state index contributed by atoms with van der Waals surface area (Å²) in [4.78, 5) is 12.0. The Labute approximate surface area is 153 Å². The van der Waals surface area contributed by atoms with Gasteiger partial charge in [0, 0.05) is 13.2 Å². The first-order valence-corrected chi connectivity index (χ1v) is 9.46. The molecule has 1 N–H and O–H groups in total. The summed E-state index contributed by atoms with van der Waals surface area (Å²) in [7, 11) is 0. The van der Waals surface area contributed by atoms with Gasteiger partial charge in [-0.3, -0.25) is 9.36 Å². The smallest absolute Gasteiger partial charge is 0.230 e. The van der Waals surface area contributed by atoms with Crippen LogP contribution in [0.3, 0.4) is 0 Å². The second kappa shape index (κ2) is 9.58. The van der Waals surface area contributed by atoms with Crippen LogP contribution in [-0.4, -0.2) is 45.7 Å². The molecule has 0 spiro atoms. The van der Waals surface area contributed by atoms with Gasteiger partial charge in [0.05, 0.1) is 17.5 Å². The van der Waals surface area contributed by atoms with Gasteiger partial charge in [-0.2, -0.15) is 0 Å². The highest BCUT2D eigenvalue weighted by Crippen LogP contribution is 2.23. The number of benzene rings is 1. The lowest BCUT2D eigenvalue weighted by molar-refractivity contribution is -0.118. The van der Waals surface area contributed by atoms with Crippen LogP contribution in [0.4, 0.5) is 0 Å². The van der Waals surface area contributed by atoms with Crippen molar-refractivity contribution in [2.75, 3.05) is 18.9 Å². The van der Waals surface area contributed by atoms with E-state index in [9.17, 15) is 4.79 Å². The van der Waals surface area contributed by atoms with E-state index in [0.717, 1.165) is 28.7 Å².